The maximum absolute atomic E-state index is 9.15. The summed E-state index contributed by atoms with van der Waals surface area (Å²) in [6, 6.07) is 3.83. The summed E-state index contributed by atoms with van der Waals surface area (Å²) >= 11 is 8.04. The molecule has 72 valence electrons. The van der Waals surface area contributed by atoms with Crippen molar-refractivity contribution in [3.05, 3.63) is 21.1 Å². The van der Waals surface area contributed by atoms with Crippen LogP contribution in [0, 0.1) is 3.57 Å². The van der Waals surface area contributed by atoms with Gasteiger partial charge in [0.2, 0.25) is 0 Å². The summed E-state index contributed by atoms with van der Waals surface area (Å²) in [5.74, 6) is 0. The smallest absolute Gasteiger partial charge is 0.423 e. The fourth-order valence-corrected chi connectivity index (χ4v) is 3.54. The zero-order chi connectivity index (χ0) is 10.3. The molecule has 14 heavy (non-hydrogen) atoms. The lowest BCUT2D eigenvalue weighted by Gasteiger charge is -2.01. The number of thiophene rings is 1. The predicted octanol–water partition coefficient (Wildman–Crippen LogP) is 1.47. The van der Waals surface area contributed by atoms with Crippen LogP contribution in [0.5, 0.6) is 0 Å². The van der Waals surface area contributed by atoms with Gasteiger partial charge in [-0.3, -0.25) is 0 Å². The molecule has 0 aliphatic rings. The zero-order valence-electron chi connectivity index (χ0n) is 6.94. The lowest BCUT2D eigenvalue weighted by Crippen LogP contribution is -2.28. The van der Waals surface area contributed by atoms with Crippen LogP contribution in [0.25, 0.3) is 10.1 Å². The fraction of sp³-hybridized carbons (Fsp3) is 0. The topological polar surface area (TPSA) is 40.5 Å². The molecule has 6 heteroatoms. The summed E-state index contributed by atoms with van der Waals surface area (Å²) in [6.07, 6.45) is 0. The first-order valence-corrected chi connectivity index (χ1v) is 6.26. The molecule has 0 saturated carbocycles. The highest BCUT2D eigenvalue weighted by molar-refractivity contribution is 14.1. The van der Waals surface area contributed by atoms with E-state index in [9.17, 15) is 0 Å². The van der Waals surface area contributed by atoms with Crippen molar-refractivity contribution < 1.29 is 10.0 Å². The Morgan fingerprint density at radius 1 is 1.36 bits per heavy atom. The fourth-order valence-electron chi connectivity index (χ4n) is 1.31. The van der Waals surface area contributed by atoms with Crippen LogP contribution in [0.3, 0.4) is 0 Å². The Morgan fingerprint density at radius 2 is 2.07 bits per heavy atom. The van der Waals surface area contributed by atoms with Gasteiger partial charge in [0.05, 0.1) is 0 Å². The summed E-state index contributed by atoms with van der Waals surface area (Å²) < 4.78 is 2.16. The molecule has 0 aliphatic carbocycles. The van der Waals surface area contributed by atoms with E-state index in [1.165, 1.54) is 11.3 Å². The van der Waals surface area contributed by atoms with E-state index in [0.29, 0.717) is 5.46 Å². The molecule has 0 spiro atoms. The van der Waals surface area contributed by atoms with E-state index >= 15 is 0 Å². The largest absolute Gasteiger partial charge is 0.489 e. The van der Waals surface area contributed by atoms with E-state index in [-0.39, 0.29) is 0 Å². The van der Waals surface area contributed by atoms with E-state index in [2.05, 4.69) is 35.2 Å². The van der Waals surface area contributed by atoms with Crippen LogP contribution in [-0.4, -0.2) is 17.2 Å². The average Bonchev–Trinajstić information content (AvgIpc) is 2.56. The minimum Gasteiger partial charge on any atom is -0.423 e. The van der Waals surface area contributed by atoms with Crippen molar-refractivity contribution in [2.24, 2.45) is 0 Å². The molecule has 2 rings (SSSR count). The van der Waals surface area contributed by atoms with E-state index < -0.39 is 7.12 Å². The van der Waals surface area contributed by atoms with Gasteiger partial charge >= 0.3 is 7.12 Å². The van der Waals surface area contributed by atoms with Crippen molar-refractivity contribution in [2.75, 3.05) is 0 Å². The van der Waals surface area contributed by atoms with Gasteiger partial charge in [0, 0.05) is 24.0 Å². The first-order valence-electron chi connectivity index (χ1n) is 3.86. The van der Waals surface area contributed by atoms with Crippen LogP contribution >= 0.6 is 46.6 Å². The van der Waals surface area contributed by atoms with Crippen molar-refractivity contribution >= 4 is 69.2 Å². The summed E-state index contributed by atoms with van der Waals surface area (Å²) in [7, 11) is -1.42. The zero-order valence-corrected chi connectivity index (χ0v) is 10.8. The van der Waals surface area contributed by atoms with Crippen LogP contribution in [0.4, 0.5) is 0 Å². The molecule has 0 unspecified atom stereocenters. The standard InChI is InChI=1S/C8H6BIO2S2/c10-5-1-2-6(13)7-4(9(11)12)3-14-8(5)7/h1-3,11-13H. The molecule has 0 bridgehead atoms. The van der Waals surface area contributed by atoms with E-state index in [1.807, 2.05) is 12.1 Å². The minimum absolute atomic E-state index is 0.536. The molecule has 2 N–H and O–H groups in total. The highest BCUT2D eigenvalue weighted by Gasteiger charge is 2.19. The molecule has 2 nitrogen and oxygen atoms in total. The summed E-state index contributed by atoms with van der Waals surface area (Å²) in [4.78, 5) is 0.782. The van der Waals surface area contributed by atoms with Gasteiger partial charge in [-0.05, 0) is 40.1 Å². The molecule has 0 aliphatic heterocycles. The monoisotopic (exact) mass is 336 g/mol. The van der Waals surface area contributed by atoms with Crippen LogP contribution < -0.4 is 5.46 Å². The molecular formula is C8H6BIO2S2. The lowest BCUT2D eigenvalue weighted by atomic mass is 9.80. The third-order valence-electron chi connectivity index (χ3n) is 1.96. The molecule has 1 aromatic carbocycles. The van der Waals surface area contributed by atoms with Crippen LogP contribution in [-0.2, 0) is 0 Å². The second-order valence-electron chi connectivity index (χ2n) is 2.84. The van der Waals surface area contributed by atoms with Crippen molar-refractivity contribution in [3.8, 4) is 0 Å². The van der Waals surface area contributed by atoms with Gasteiger partial charge in [0.25, 0.3) is 0 Å². The van der Waals surface area contributed by atoms with E-state index in [0.717, 1.165) is 18.6 Å². The second-order valence-corrected chi connectivity index (χ2v) is 5.36. The van der Waals surface area contributed by atoms with Crippen molar-refractivity contribution in [3.63, 3.8) is 0 Å². The Hall–Kier alpha value is 0.245. The van der Waals surface area contributed by atoms with Gasteiger partial charge in [-0.15, -0.1) is 24.0 Å². The maximum Gasteiger partial charge on any atom is 0.489 e. The molecule has 0 radical (unpaired) electrons. The van der Waals surface area contributed by atoms with Crippen molar-refractivity contribution in [1.82, 2.24) is 0 Å². The molecule has 1 heterocycles. The van der Waals surface area contributed by atoms with E-state index in [1.54, 1.807) is 5.38 Å². The van der Waals surface area contributed by atoms with Crippen molar-refractivity contribution in [1.29, 1.82) is 0 Å². The molecule has 0 atom stereocenters. The number of hydrogen-bond acceptors (Lipinski definition) is 4. The Kier molecular flexibility index (Phi) is 3.08. The highest BCUT2D eigenvalue weighted by atomic mass is 127. The summed E-state index contributed by atoms with van der Waals surface area (Å²) in [6.45, 7) is 0. The van der Waals surface area contributed by atoms with Crippen LogP contribution in [0.2, 0.25) is 0 Å². The quantitative estimate of drug-likeness (QED) is 0.419. The number of hydrogen-bond donors (Lipinski definition) is 3. The molecule has 0 fully saturated rings. The lowest BCUT2D eigenvalue weighted by molar-refractivity contribution is 0.426. The predicted molar refractivity (Wildman–Crippen MR) is 71.6 cm³/mol. The number of halogens is 1. The highest BCUT2D eigenvalue weighted by Crippen LogP contribution is 2.29. The SMILES string of the molecule is OB(O)c1csc2c(I)ccc(S)c12. The third kappa shape index (κ3) is 1.69. The number of rotatable bonds is 1. The van der Waals surface area contributed by atoms with Crippen LogP contribution in [0.1, 0.15) is 0 Å². The molecule has 1 aromatic heterocycles. The number of fused-ring (bicyclic) bond motifs is 1. The van der Waals surface area contributed by atoms with Gasteiger partial charge in [-0.2, -0.15) is 0 Å². The first kappa shape index (κ1) is 10.8. The summed E-state index contributed by atoms with van der Waals surface area (Å²) in [5, 5.41) is 20.9. The summed E-state index contributed by atoms with van der Waals surface area (Å²) in [5.41, 5.74) is 0.536. The molecule has 0 saturated heterocycles. The van der Waals surface area contributed by atoms with Gasteiger partial charge in [-0.1, -0.05) is 0 Å². The molecular weight excluding hydrogens is 330 g/mol. The second kappa shape index (κ2) is 4.01. The maximum atomic E-state index is 9.15. The normalized spacial score (nSPS) is 10.9. The Balaban J connectivity index is 2.84. The third-order valence-corrected chi connectivity index (χ3v) is 4.63. The Labute approximate surface area is 105 Å². The van der Waals surface area contributed by atoms with Gasteiger partial charge in [0.1, 0.15) is 0 Å². The Morgan fingerprint density at radius 3 is 2.71 bits per heavy atom. The van der Waals surface area contributed by atoms with Gasteiger partial charge in [-0.25, -0.2) is 0 Å². The average molecular weight is 336 g/mol. The Bertz CT molecular complexity index is 483. The van der Waals surface area contributed by atoms with Crippen molar-refractivity contribution in [2.45, 2.75) is 4.90 Å². The molecule has 0 amide bonds. The molecule has 2 aromatic rings. The number of thiol groups is 1. The van der Waals surface area contributed by atoms with Crippen LogP contribution in [0.15, 0.2) is 22.4 Å². The van der Waals surface area contributed by atoms with E-state index in [4.69, 9.17) is 10.0 Å². The van der Waals surface area contributed by atoms with Gasteiger partial charge < -0.3 is 10.0 Å². The minimum atomic E-state index is -1.42. The van der Waals surface area contributed by atoms with Gasteiger partial charge in [0.15, 0.2) is 0 Å². The number of benzene rings is 1. The first-order chi connectivity index (χ1) is 6.61.